The predicted octanol–water partition coefficient (Wildman–Crippen LogP) is 4.59. The number of rotatable bonds is 5. The molecule has 3 atom stereocenters. The number of H-pyrrole nitrogens is 1. The van der Waals surface area contributed by atoms with Crippen LogP contribution >= 0.6 is 0 Å². The van der Waals surface area contributed by atoms with E-state index in [1.54, 1.807) is 0 Å². The Morgan fingerprint density at radius 1 is 1.11 bits per heavy atom. The lowest BCUT2D eigenvalue weighted by atomic mass is 10.0. The number of nitrogens with zero attached hydrogens (tertiary/aromatic N) is 3. The number of piperidine rings is 1. The average Bonchev–Trinajstić information content (AvgIpc) is 3.49. The second-order valence-corrected chi connectivity index (χ2v) is 9.95. The van der Waals surface area contributed by atoms with Gasteiger partial charge in [-0.05, 0) is 55.0 Å². The topological polar surface area (TPSA) is 106 Å². The first-order valence-corrected chi connectivity index (χ1v) is 12.5. The van der Waals surface area contributed by atoms with E-state index in [4.69, 9.17) is 10.5 Å². The Hall–Kier alpha value is -4.07. The molecule has 1 saturated carbocycles. The van der Waals surface area contributed by atoms with E-state index in [9.17, 15) is 9.59 Å². The molecule has 1 saturated heterocycles. The maximum atomic E-state index is 13.0. The van der Waals surface area contributed by atoms with Gasteiger partial charge in [0.1, 0.15) is 17.0 Å². The van der Waals surface area contributed by atoms with Crippen molar-refractivity contribution in [1.82, 2.24) is 19.7 Å². The highest BCUT2D eigenvalue weighted by Gasteiger charge is 2.42. The molecule has 2 aliphatic rings. The van der Waals surface area contributed by atoms with Gasteiger partial charge in [0.15, 0.2) is 5.82 Å². The lowest BCUT2D eigenvalue weighted by molar-refractivity contribution is -0.134. The molecule has 3 N–H and O–H groups in total. The molecule has 1 aliphatic heterocycles. The molecule has 2 fully saturated rings. The Morgan fingerprint density at radius 3 is 2.56 bits per heavy atom. The van der Waals surface area contributed by atoms with E-state index in [0.29, 0.717) is 29.1 Å². The summed E-state index contributed by atoms with van der Waals surface area (Å²) in [5, 5.41) is 7.22. The third-order valence-corrected chi connectivity index (χ3v) is 7.45. The normalized spacial score (nSPS) is 21.5. The van der Waals surface area contributed by atoms with Gasteiger partial charge in [0.25, 0.3) is 5.56 Å². The van der Waals surface area contributed by atoms with E-state index in [1.807, 2.05) is 70.3 Å². The molecule has 36 heavy (non-hydrogen) atoms. The molecular formula is C28H29N5O3. The van der Waals surface area contributed by atoms with Crippen LogP contribution in [0.2, 0.25) is 0 Å². The molecule has 8 heteroatoms. The fourth-order valence-corrected chi connectivity index (χ4v) is 5.35. The molecule has 2 aromatic carbocycles. The summed E-state index contributed by atoms with van der Waals surface area (Å²) >= 11 is 0. The molecule has 0 radical (unpaired) electrons. The van der Waals surface area contributed by atoms with Gasteiger partial charge in [0, 0.05) is 30.8 Å². The number of anilines is 1. The van der Waals surface area contributed by atoms with E-state index >= 15 is 0 Å². The number of nitrogens with two attached hydrogens (primary N) is 1. The van der Waals surface area contributed by atoms with Crippen molar-refractivity contribution in [2.75, 3.05) is 18.8 Å². The van der Waals surface area contributed by atoms with Gasteiger partial charge < -0.3 is 19.9 Å². The number of fused-ring (bicyclic) bond motifs is 1. The quantitative estimate of drug-likeness (QED) is 0.432. The minimum absolute atomic E-state index is 0.00315. The Morgan fingerprint density at radius 2 is 1.83 bits per heavy atom. The summed E-state index contributed by atoms with van der Waals surface area (Å²) in [6.45, 7) is 3.49. The second kappa shape index (κ2) is 8.86. The van der Waals surface area contributed by atoms with Crippen LogP contribution in [0.4, 0.5) is 5.82 Å². The first kappa shape index (κ1) is 22.4. The molecule has 2 unspecified atom stereocenters. The molecule has 8 nitrogen and oxygen atoms in total. The van der Waals surface area contributed by atoms with E-state index in [0.717, 1.165) is 42.7 Å². The van der Waals surface area contributed by atoms with Crippen molar-refractivity contribution in [1.29, 1.82) is 0 Å². The molecule has 1 aliphatic carbocycles. The highest BCUT2D eigenvalue weighted by atomic mass is 16.5. The number of benzene rings is 2. The predicted molar refractivity (Wildman–Crippen MR) is 139 cm³/mol. The SMILES string of the molecule is CC1CC1C(=O)N1CCC[C@@H](n2cc(-c3ccc(Oc4ccccc4)cc3)c3c(N)n[nH]c(=O)c32)C1. The van der Waals surface area contributed by atoms with Crippen LogP contribution in [0, 0.1) is 11.8 Å². The summed E-state index contributed by atoms with van der Waals surface area (Å²) in [6, 6.07) is 17.3. The van der Waals surface area contributed by atoms with Crippen LogP contribution < -0.4 is 16.0 Å². The van der Waals surface area contributed by atoms with Crippen LogP contribution in [0.15, 0.2) is 65.6 Å². The first-order valence-electron chi connectivity index (χ1n) is 12.5. The number of ether oxygens (including phenoxy) is 1. The zero-order chi connectivity index (χ0) is 24.8. The summed E-state index contributed by atoms with van der Waals surface area (Å²) in [5.41, 5.74) is 8.26. The number of hydrogen-bond donors (Lipinski definition) is 2. The number of nitrogens with one attached hydrogen (secondary N) is 1. The number of carbonyl (C=O) groups is 1. The Labute approximate surface area is 208 Å². The monoisotopic (exact) mass is 483 g/mol. The fourth-order valence-electron chi connectivity index (χ4n) is 5.35. The number of hydrogen-bond acceptors (Lipinski definition) is 5. The van der Waals surface area contributed by atoms with Gasteiger partial charge in [-0.3, -0.25) is 9.59 Å². The van der Waals surface area contributed by atoms with Crippen LogP contribution in [0.3, 0.4) is 0 Å². The lowest BCUT2D eigenvalue weighted by Gasteiger charge is -2.34. The van der Waals surface area contributed by atoms with Crippen LogP contribution in [-0.4, -0.2) is 38.7 Å². The fraction of sp³-hybridized carbons (Fsp3) is 0.321. The maximum absolute atomic E-state index is 13.0. The molecular weight excluding hydrogens is 454 g/mol. The molecule has 4 aromatic rings. The van der Waals surface area contributed by atoms with Crippen molar-refractivity contribution >= 4 is 22.6 Å². The van der Waals surface area contributed by atoms with Crippen molar-refractivity contribution in [2.45, 2.75) is 32.2 Å². The number of likely N-dealkylation sites (tertiary alicyclic amines) is 1. The number of para-hydroxylation sites is 1. The van der Waals surface area contributed by atoms with Crippen LogP contribution in [0.25, 0.3) is 22.0 Å². The van der Waals surface area contributed by atoms with Crippen LogP contribution in [-0.2, 0) is 4.79 Å². The largest absolute Gasteiger partial charge is 0.457 e. The molecule has 0 spiro atoms. The second-order valence-electron chi connectivity index (χ2n) is 9.95. The average molecular weight is 484 g/mol. The molecule has 0 bridgehead atoms. The Kier molecular flexibility index (Phi) is 5.51. The number of nitrogen functional groups attached to an aromatic ring is 1. The highest BCUT2D eigenvalue weighted by molar-refractivity contribution is 6.02. The van der Waals surface area contributed by atoms with Gasteiger partial charge in [0.05, 0.1) is 11.4 Å². The van der Waals surface area contributed by atoms with E-state index in [2.05, 4.69) is 17.1 Å². The highest BCUT2D eigenvalue weighted by Crippen LogP contribution is 2.41. The minimum Gasteiger partial charge on any atom is -0.457 e. The van der Waals surface area contributed by atoms with E-state index in [1.165, 1.54) is 0 Å². The Bertz CT molecular complexity index is 1480. The molecule has 2 aromatic heterocycles. The number of carbonyl (C=O) groups excluding carboxylic acids is 1. The Balaban J connectivity index is 1.35. The van der Waals surface area contributed by atoms with Crippen molar-refractivity contribution in [3.63, 3.8) is 0 Å². The molecule has 6 rings (SSSR count). The molecule has 3 heterocycles. The third kappa shape index (κ3) is 4.02. The summed E-state index contributed by atoms with van der Waals surface area (Å²) in [7, 11) is 0. The minimum atomic E-state index is -0.284. The van der Waals surface area contributed by atoms with Crippen molar-refractivity contribution in [2.24, 2.45) is 11.8 Å². The first-order chi connectivity index (χ1) is 17.5. The standard InChI is InChI=1S/C28H29N5O3/c1-17-14-22(17)28(35)32-13-5-6-19(15-32)33-16-23(24-25(33)27(34)31-30-26(24)29)18-9-11-21(12-10-18)36-20-7-3-2-4-8-20/h2-4,7-12,16-17,19,22H,5-6,13-15H2,1H3,(H2,29,30)(H,31,34)/t17?,19-,22?/m1/s1. The van der Waals surface area contributed by atoms with Crippen LogP contribution in [0.5, 0.6) is 11.5 Å². The summed E-state index contributed by atoms with van der Waals surface area (Å²) in [5.74, 6) is 2.62. The van der Waals surface area contributed by atoms with Gasteiger partial charge >= 0.3 is 0 Å². The summed E-state index contributed by atoms with van der Waals surface area (Å²) in [6.07, 6.45) is 4.75. The third-order valence-electron chi connectivity index (χ3n) is 7.45. The van der Waals surface area contributed by atoms with E-state index < -0.39 is 0 Å². The van der Waals surface area contributed by atoms with Gasteiger partial charge in [-0.25, -0.2) is 5.10 Å². The van der Waals surface area contributed by atoms with Gasteiger partial charge in [-0.2, -0.15) is 5.10 Å². The molecule has 1 amide bonds. The van der Waals surface area contributed by atoms with Gasteiger partial charge in [-0.1, -0.05) is 37.3 Å². The zero-order valence-electron chi connectivity index (χ0n) is 20.2. The number of amides is 1. The van der Waals surface area contributed by atoms with Crippen molar-refractivity contribution in [3.8, 4) is 22.6 Å². The maximum Gasteiger partial charge on any atom is 0.288 e. The van der Waals surface area contributed by atoms with Crippen molar-refractivity contribution < 1.29 is 9.53 Å². The van der Waals surface area contributed by atoms with Gasteiger partial charge in [-0.15, -0.1) is 0 Å². The smallest absolute Gasteiger partial charge is 0.288 e. The van der Waals surface area contributed by atoms with Gasteiger partial charge in [0.2, 0.25) is 5.91 Å². The van der Waals surface area contributed by atoms with Crippen molar-refractivity contribution in [3.05, 3.63) is 71.1 Å². The van der Waals surface area contributed by atoms with E-state index in [-0.39, 0.29) is 29.2 Å². The van der Waals surface area contributed by atoms with Crippen LogP contribution in [0.1, 0.15) is 32.2 Å². The lowest BCUT2D eigenvalue weighted by Crippen LogP contribution is -2.41. The molecule has 184 valence electrons. The summed E-state index contributed by atoms with van der Waals surface area (Å²) in [4.78, 5) is 27.9. The number of aromatic amines is 1. The summed E-state index contributed by atoms with van der Waals surface area (Å²) < 4.78 is 7.94. The zero-order valence-corrected chi connectivity index (χ0v) is 20.2. The number of aromatic nitrogens is 3.